The van der Waals surface area contributed by atoms with Crippen LogP contribution in [0.5, 0.6) is 0 Å². The Balaban J connectivity index is 1.86. The highest BCUT2D eigenvalue weighted by Crippen LogP contribution is 2.21. The third kappa shape index (κ3) is 5.94. The Morgan fingerprint density at radius 3 is 2.71 bits per heavy atom. The first-order valence-corrected chi connectivity index (χ1v) is 8.32. The number of aromatic carboxylic acids is 1. The Kier molecular flexibility index (Phi) is 7.21. The van der Waals surface area contributed by atoms with Gasteiger partial charge in [-0.2, -0.15) is 0 Å². The molecule has 1 aromatic rings. The molecule has 1 aliphatic heterocycles. The maximum absolute atomic E-state index is 12.1. The van der Waals surface area contributed by atoms with E-state index in [2.05, 4.69) is 5.32 Å². The van der Waals surface area contributed by atoms with Crippen LogP contribution in [0.4, 0.5) is 5.69 Å². The second-order valence-corrected chi connectivity index (χ2v) is 6.15. The Bertz CT molecular complexity index is 567. The number of hydrogen-bond acceptors (Lipinski definition) is 4. The molecule has 1 aromatic carbocycles. The quantitative estimate of drug-likeness (QED) is 0.762. The topological polar surface area (TPSA) is 84.9 Å². The molecule has 0 atom stereocenters. The van der Waals surface area contributed by atoms with Gasteiger partial charge in [0.15, 0.2) is 0 Å². The van der Waals surface area contributed by atoms with Gasteiger partial charge in [0.2, 0.25) is 5.91 Å². The smallest absolute Gasteiger partial charge is 0.335 e. The third-order valence-electron chi connectivity index (χ3n) is 4.19. The minimum atomic E-state index is -1.03. The summed E-state index contributed by atoms with van der Waals surface area (Å²) in [5.41, 5.74) is 1.36. The molecule has 0 radical (unpaired) electrons. The number of carbonyl (C=O) groups is 2. The molecule has 0 aliphatic carbocycles. The molecule has 0 saturated carbocycles. The molecule has 0 bridgehead atoms. The first-order chi connectivity index (χ1) is 11.6. The number of carbonyl (C=O) groups excluding carboxylic acids is 1. The summed E-state index contributed by atoms with van der Waals surface area (Å²) in [5.74, 6) is -0.467. The summed E-state index contributed by atoms with van der Waals surface area (Å²) in [6.07, 6.45) is 4.44. The predicted molar refractivity (Wildman–Crippen MR) is 90.1 cm³/mol. The summed E-state index contributed by atoms with van der Waals surface area (Å²) in [6.45, 7) is 1.94. The summed E-state index contributed by atoms with van der Waals surface area (Å²) in [6, 6.07) is 4.76. The van der Waals surface area contributed by atoms with E-state index < -0.39 is 5.97 Å². The number of rotatable bonds is 8. The van der Waals surface area contributed by atoms with Crippen molar-refractivity contribution in [3.63, 3.8) is 0 Å². The van der Waals surface area contributed by atoms with Crippen molar-refractivity contribution in [2.24, 2.45) is 5.92 Å². The summed E-state index contributed by atoms with van der Waals surface area (Å²) >= 11 is 0. The highest BCUT2D eigenvalue weighted by molar-refractivity contribution is 5.94. The molecule has 0 aromatic heterocycles. The Morgan fingerprint density at radius 1 is 1.29 bits per heavy atom. The molecule has 1 saturated heterocycles. The van der Waals surface area contributed by atoms with Crippen LogP contribution in [0.3, 0.4) is 0 Å². The van der Waals surface area contributed by atoms with Crippen LogP contribution in [0.25, 0.3) is 0 Å². The fourth-order valence-corrected chi connectivity index (χ4v) is 2.95. The second-order valence-electron chi connectivity index (χ2n) is 6.15. The molecular weight excluding hydrogens is 310 g/mol. The van der Waals surface area contributed by atoms with Crippen LogP contribution in [0.15, 0.2) is 18.2 Å². The highest BCUT2D eigenvalue weighted by atomic mass is 16.5. The molecule has 2 rings (SSSR count). The molecule has 1 fully saturated rings. The normalized spacial score (nSPS) is 15.2. The molecular formula is C18H25NO5. The summed E-state index contributed by atoms with van der Waals surface area (Å²) < 4.78 is 10.4. The van der Waals surface area contributed by atoms with E-state index in [0.717, 1.165) is 44.5 Å². The number of carboxylic acids is 1. The van der Waals surface area contributed by atoms with Gasteiger partial charge in [0.05, 0.1) is 12.2 Å². The zero-order valence-electron chi connectivity index (χ0n) is 14.0. The zero-order chi connectivity index (χ0) is 17.4. The van der Waals surface area contributed by atoms with Crippen LogP contribution in [0, 0.1) is 5.92 Å². The van der Waals surface area contributed by atoms with Gasteiger partial charge in [0.25, 0.3) is 0 Å². The van der Waals surface area contributed by atoms with Crippen molar-refractivity contribution in [2.75, 3.05) is 25.6 Å². The first-order valence-electron chi connectivity index (χ1n) is 8.32. The van der Waals surface area contributed by atoms with Gasteiger partial charge < -0.3 is 19.9 Å². The van der Waals surface area contributed by atoms with Crippen molar-refractivity contribution in [3.8, 4) is 0 Å². The van der Waals surface area contributed by atoms with E-state index in [1.807, 2.05) is 0 Å². The number of anilines is 1. The van der Waals surface area contributed by atoms with Crippen LogP contribution in [-0.4, -0.2) is 37.3 Å². The molecule has 6 nitrogen and oxygen atoms in total. The molecule has 1 amide bonds. The molecule has 2 N–H and O–H groups in total. The number of amides is 1. The monoisotopic (exact) mass is 335 g/mol. The van der Waals surface area contributed by atoms with Gasteiger partial charge in [-0.05, 0) is 55.4 Å². The summed E-state index contributed by atoms with van der Waals surface area (Å²) in [5, 5.41) is 11.9. The first kappa shape index (κ1) is 18.4. The van der Waals surface area contributed by atoms with E-state index in [0.29, 0.717) is 24.6 Å². The van der Waals surface area contributed by atoms with Crippen LogP contribution in [0.1, 0.15) is 48.0 Å². The maximum Gasteiger partial charge on any atom is 0.335 e. The molecule has 0 spiro atoms. The van der Waals surface area contributed by atoms with Gasteiger partial charge in [0.1, 0.15) is 0 Å². The fraction of sp³-hybridized carbons (Fsp3) is 0.556. The highest BCUT2D eigenvalue weighted by Gasteiger charge is 2.14. The number of carboxylic acid groups (broad SMARTS) is 1. The number of hydrogen-bond donors (Lipinski definition) is 2. The molecule has 1 heterocycles. The average molecular weight is 335 g/mol. The lowest BCUT2D eigenvalue weighted by Gasteiger charge is -2.21. The molecule has 132 valence electrons. The van der Waals surface area contributed by atoms with Gasteiger partial charge >= 0.3 is 5.97 Å². The van der Waals surface area contributed by atoms with Gasteiger partial charge in [-0.3, -0.25) is 4.79 Å². The minimum absolute atomic E-state index is 0.0898. The van der Waals surface area contributed by atoms with Crippen LogP contribution < -0.4 is 5.32 Å². The van der Waals surface area contributed by atoms with Crippen molar-refractivity contribution in [2.45, 2.75) is 38.7 Å². The Hall–Kier alpha value is -1.92. The van der Waals surface area contributed by atoms with E-state index in [4.69, 9.17) is 14.6 Å². The van der Waals surface area contributed by atoms with E-state index in [1.54, 1.807) is 19.2 Å². The van der Waals surface area contributed by atoms with Gasteiger partial charge in [-0.1, -0.05) is 0 Å². The lowest BCUT2D eigenvalue weighted by atomic mass is 9.94. The van der Waals surface area contributed by atoms with Crippen molar-refractivity contribution >= 4 is 17.6 Å². The van der Waals surface area contributed by atoms with Crippen LogP contribution in [-0.2, 0) is 20.9 Å². The van der Waals surface area contributed by atoms with Crippen molar-refractivity contribution in [1.82, 2.24) is 0 Å². The predicted octanol–water partition coefficient (Wildman–Crippen LogP) is 3.07. The standard InChI is InChI=1S/C18H25NO5/c1-23-12-14-9-15(18(21)22)11-16(10-14)19-17(20)4-2-3-13-5-7-24-8-6-13/h9-11,13H,2-8,12H2,1H3,(H,19,20)(H,21,22). The zero-order valence-corrected chi connectivity index (χ0v) is 14.0. The van der Waals surface area contributed by atoms with Gasteiger partial charge in [-0.15, -0.1) is 0 Å². The van der Waals surface area contributed by atoms with Gasteiger partial charge in [-0.25, -0.2) is 4.79 Å². The third-order valence-corrected chi connectivity index (χ3v) is 4.19. The fourth-order valence-electron chi connectivity index (χ4n) is 2.95. The van der Waals surface area contributed by atoms with Crippen LogP contribution in [0.2, 0.25) is 0 Å². The number of benzene rings is 1. The molecule has 0 unspecified atom stereocenters. The molecule has 1 aliphatic rings. The molecule has 24 heavy (non-hydrogen) atoms. The Morgan fingerprint density at radius 2 is 2.04 bits per heavy atom. The summed E-state index contributed by atoms with van der Waals surface area (Å²) in [4.78, 5) is 23.3. The lowest BCUT2D eigenvalue weighted by Crippen LogP contribution is -2.17. The lowest BCUT2D eigenvalue weighted by molar-refractivity contribution is -0.116. The number of nitrogens with one attached hydrogen (secondary N) is 1. The van der Waals surface area contributed by atoms with Crippen molar-refractivity contribution < 1.29 is 24.2 Å². The number of ether oxygens (including phenoxy) is 2. The van der Waals surface area contributed by atoms with Crippen molar-refractivity contribution in [1.29, 1.82) is 0 Å². The van der Waals surface area contributed by atoms with E-state index in [-0.39, 0.29) is 11.5 Å². The largest absolute Gasteiger partial charge is 0.478 e. The Labute approximate surface area is 142 Å². The SMILES string of the molecule is COCc1cc(NC(=O)CCCC2CCOCC2)cc(C(=O)O)c1. The van der Waals surface area contributed by atoms with E-state index >= 15 is 0 Å². The van der Waals surface area contributed by atoms with Crippen molar-refractivity contribution in [3.05, 3.63) is 29.3 Å². The van der Waals surface area contributed by atoms with E-state index in [9.17, 15) is 9.59 Å². The summed E-state index contributed by atoms with van der Waals surface area (Å²) in [7, 11) is 1.54. The average Bonchev–Trinajstić information content (AvgIpc) is 2.56. The van der Waals surface area contributed by atoms with Gasteiger partial charge in [0, 0.05) is 32.4 Å². The second kappa shape index (κ2) is 9.39. The van der Waals surface area contributed by atoms with Crippen LogP contribution >= 0.6 is 0 Å². The van der Waals surface area contributed by atoms with E-state index in [1.165, 1.54) is 6.07 Å². The molecule has 6 heteroatoms. The maximum atomic E-state index is 12.1. The number of methoxy groups -OCH3 is 1. The minimum Gasteiger partial charge on any atom is -0.478 e.